The largest absolute Gasteiger partial charge is 0.289 e. The number of rotatable bonds is 2. The van der Waals surface area contributed by atoms with Gasteiger partial charge in [-0.1, -0.05) is 34.1 Å². The smallest absolute Gasteiger partial charge is 0.195 e. The first-order valence-corrected chi connectivity index (χ1v) is 7.61. The van der Waals surface area contributed by atoms with E-state index in [1.54, 1.807) is 11.3 Å². The van der Waals surface area contributed by atoms with Crippen molar-refractivity contribution in [2.45, 2.75) is 6.92 Å². The van der Waals surface area contributed by atoms with Crippen LogP contribution in [0.3, 0.4) is 0 Å². The van der Waals surface area contributed by atoms with Crippen LogP contribution in [0.15, 0.2) is 52.3 Å². The van der Waals surface area contributed by atoms with E-state index in [0.29, 0.717) is 5.56 Å². The number of hydrogen-bond donors (Lipinski definition) is 0. The van der Waals surface area contributed by atoms with E-state index in [9.17, 15) is 4.79 Å². The average molecular weight is 331 g/mol. The summed E-state index contributed by atoms with van der Waals surface area (Å²) in [7, 11) is 0. The van der Waals surface area contributed by atoms with E-state index in [4.69, 9.17) is 0 Å². The molecule has 3 heteroatoms. The molecule has 0 saturated heterocycles. The molecule has 1 aromatic heterocycles. The van der Waals surface area contributed by atoms with Gasteiger partial charge in [-0.25, -0.2) is 0 Å². The maximum absolute atomic E-state index is 12.7. The number of ketones is 1. The molecule has 0 aliphatic rings. The molecule has 19 heavy (non-hydrogen) atoms. The molecule has 0 radical (unpaired) electrons. The first-order chi connectivity index (χ1) is 9.16. The van der Waals surface area contributed by atoms with Gasteiger partial charge in [0, 0.05) is 20.3 Å². The number of aryl methyl sites for hydroxylation is 1. The van der Waals surface area contributed by atoms with E-state index >= 15 is 0 Å². The fourth-order valence-corrected chi connectivity index (χ4v) is 3.71. The highest BCUT2D eigenvalue weighted by Crippen LogP contribution is 2.28. The first kappa shape index (κ1) is 12.6. The van der Waals surface area contributed by atoms with Gasteiger partial charge >= 0.3 is 0 Å². The van der Waals surface area contributed by atoms with Gasteiger partial charge in [-0.3, -0.25) is 4.79 Å². The summed E-state index contributed by atoms with van der Waals surface area (Å²) in [6.45, 7) is 2.01. The van der Waals surface area contributed by atoms with Gasteiger partial charge in [0.15, 0.2) is 5.78 Å². The van der Waals surface area contributed by atoms with Gasteiger partial charge in [0.2, 0.25) is 0 Å². The Kier molecular flexibility index (Phi) is 3.25. The Morgan fingerprint density at radius 1 is 1.11 bits per heavy atom. The molecular weight excluding hydrogens is 320 g/mol. The van der Waals surface area contributed by atoms with Gasteiger partial charge in [0.05, 0.1) is 0 Å². The molecule has 2 aromatic carbocycles. The van der Waals surface area contributed by atoms with Crippen molar-refractivity contribution in [1.82, 2.24) is 0 Å². The summed E-state index contributed by atoms with van der Waals surface area (Å²) in [5.74, 6) is 0.0694. The quantitative estimate of drug-likeness (QED) is 0.590. The summed E-state index contributed by atoms with van der Waals surface area (Å²) in [4.78, 5) is 12.7. The van der Waals surface area contributed by atoms with E-state index < -0.39 is 0 Å². The molecule has 1 heterocycles. The van der Waals surface area contributed by atoms with Crippen molar-refractivity contribution >= 4 is 43.1 Å². The standard InChI is InChI=1S/C16H11BrOS/c1-10-5-6-12(14(17)9-10)15(18)13-4-2-3-11-7-8-19-16(11)13/h2-9H,1H3. The fourth-order valence-electron chi connectivity index (χ4n) is 2.12. The minimum Gasteiger partial charge on any atom is -0.289 e. The van der Waals surface area contributed by atoms with Gasteiger partial charge in [0.1, 0.15) is 0 Å². The highest BCUT2D eigenvalue weighted by atomic mass is 79.9. The van der Waals surface area contributed by atoms with Crippen LogP contribution in [0.1, 0.15) is 21.5 Å². The van der Waals surface area contributed by atoms with Crippen LogP contribution in [0, 0.1) is 6.92 Å². The highest BCUT2D eigenvalue weighted by Gasteiger charge is 2.15. The second-order valence-corrected chi connectivity index (χ2v) is 6.23. The second kappa shape index (κ2) is 4.91. The number of halogens is 1. The molecule has 0 amide bonds. The summed E-state index contributed by atoms with van der Waals surface area (Å²) in [5.41, 5.74) is 2.63. The van der Waals surface area contributed by atoms with Crippen LogP contribution in [-0.4, -0.2) is 5.78 Å². The zero-order chi connectivity index (χ0) is 13.4. The second-order valence-electron chi connectivity index (χ2n) is 4.46. The van der Waals surface area contributed by atoms with Gasteiger partial charge in [-0.05, 0) is 47.5 Å². The molecule has 3 rings (SSSR count). The van der Waals surface area contributed by atoms with Crippen LogP contribution >= 0.6 is 27.3 Å². The Bertz CT molecular complexity index is 773. The maximum Gasteiger partial charge on any atom is 0.195 e. The van der Waals surface area contributed by atoms with E-state index in [1.807, 2.05) is 54.8 Å². The van der Waals surface area contributed by atoms with Crippen molar-refractivity contribution in [2.75, 3.05) is 0 Å². The minimum absolute atomic E-state index is 0.0694. The molecule has 0 N–H and O–H groups in total. The number of carbonyl (C=O) groups is 1. The van der Waals surface area contributed by atoms with Crippen LogP contribution < -0.4 is 0 Å². The Hall–Kier alpha value is -1.45. The molecule has 1 nitrogen and oxygen atoms in total. The summed E-state index contributed by atoms with van der Waals surface area (Å²) >= 11 is 5.09. The van der Waals surface area contributed by atoms with Crippen molar-refractivity contribution in [3.05, 3.63) is 69.0 Å². The topological polar surface area (TPSA) is 17.1 Å². The van der Waals surface area contributed by atoms with Crippen molar-refractivity contribution < 1.29 is 4.79 Å². The lowest BCUT2D eigenvalue weighted by Gasteiger charge is -2.06. The van der Waals surface area contributed by atoms with Crippen molar-refractivity contribution in [3.63, 3.8) is 0 Å². The highest BCUT2D eigenvalue weighted by molar-refractivity contribution is 9.10. The van der Waals surface area contributed by atoms with Crippen molar-refractivity contribution in [1.29, 1.82) is 0 Å². The molecule has 0 fully saturated rings. The Morgan fingerprint density at radius 3 is 2.74 bits per heavy atom. The molecule has 0 aliphatic heterocycles. The fraction of sp³-hybridized carbons (Fsp3) is 0.0625. The number of thiophene rings is 1. The molecule has 3 aromatic rings. The van der Waals surface area contributed by atoms with E-state index in [1.165, 1.54) is 0 Å². The SMILES string of the molecule is Cc1ccc(C(=O)c2cccc3ccsc23)c(Br)c1. The number of fused-ring (bicyclic) bond motifs is 1. The van der Waals surface area contributed by atoms with Gasteiger partial charge in [-0.15, -0.1) is 11.3 Å². The van der Waals surface area contributed by atoms with Crippen molar-refractivity contribution in [3.8, 4) is 0 Å². The molecule has 0 bridgehead atoms. The first-order valence-electron chi connectivity index (χ1n) is 5.94. The average Bonchev–Trinajstić information content (AvgIpc) is 2.86. The monoisotopic (exact) mass is 330 g/mol. The number of benzene rings is 2. The zero-order valence-corrected chi connectivity index (χ0v) is 12.7. The molecule has 0 saturated carbocycles. The molecular formula is C16H11BrOS. The number of hydrogen-bond acceptors (Lipinski definition) is 2. The van der Waals surface area contributed by atoms with E-state index in [2.05, 4.69) is 15.9 Å². The van der Waals surface area contributed by atoms with E-state index in [-0.39, 0.29) is 5.78 Å². The maximum atomic E-state index is 12.7. The van der Waals surface area contributed by atoms with Gasteiger partial charge in [0.25, 0.3) is 0 Å². The van der Waals surface area contributed by atoms with Gasteiger partial charge < -0.3 is 0 Å². The summed E-state index contributed by atoms with van der Waals surface area (Å²) in [6.07, 6.45) is 0. The summed E-state index contributed by atoms with van der Waals surface area (Å²) in [6, 6.07) is 13.7. The van der Waals surface area contributed by atoms with Crippen LogP contribution in [0.2, 0.25) is 0 Å². The minimum atomic E-state index is 0.0694. The third kappa shape index (κ3) is 2.24. The third-order valence-electron chi connectivity index (χ3n) is 3.09. The van der Waals surface area contributed by atoms with Gasteiger partial charge in [-0.2, -0.15) is 0 Å². The summed E-state index contributed by atoms with van der Waals surface area (Å²) in [5, 5.41) is 3.14. The molecule has 0 aliphatic carbocycles. The normalized spacial score (nSPS) is 10.8. The van der Waals surface area contributed by atoms with Crippen LogP contribution in [-0.2, 0) is 0 Å². The molecule has 0 atom stereocenters. The molecule has 0 spiro atoms. The predicted octanol–water partition coefficient (Wildman–Crippen LogP) is 5.20. The lowest BCUT2D eigenvalue weighted by atomic mass is 10.0. The Labute approximate surface area is 124 Å². The Balaban J connectivity index is 2.16. The number of carbonyl (C=O) groups excluding carboxylic acids is 1. The van der Waals surface area contributed by atoms with Crippen LogP contribution in [0.25, 0.3) is 10.1 Å². The van der Waals surface area contributed by atoms with E-state index in [0.717, 1.165) is 25.7 Å². The molecule has 94 valence electrons. The zero-order valence-electron chi connectivity index (χ0n) is 10.3. The lowest BCUT2D eigenvalue weighted by Crippen LogP contribution is -2.02. The van der Waals surface area contributed by atoms with Crippen LogP contribution in [0.5, 0.6) is 0 Å². The lowest BCUT2D eigenvalue weighted by molar-refractivity contribution is 0.103. The van der Waals surface area contributed by atoms with Crippen molar-refractivity contribution in [2.24, 2.45) is 0 Å². The predicted molar refractivity (Wildman–Crippen MR) is 84.1 cm³/mol. The summed E-state index contributed by atoms with van der Waals surface area (Å²) < 4.78 is 1.91. The Morgan fingerprint density at radius 2 is 1.95 bits per heavy atom. The van der Waals surface area contributed by atoms with Crippen LogP contribution in [0.4, 0.5) is 0 Å². The molecule has 0 unspecified atom stereocenters. The third-order valence-corrected chi connectivity index (χ3v) is 4.71.